The van der Waals surface area contributed by atoms with E-state index in [1.165, 1.54) is 25.9 Å². The van der Waals surface area contributed by atoms with Crippen molar-refractivity contribution in [2.75, 3.05) is 26.2 Å². The Labute approximate surface area is 84.0 Å². The second-order valence-corrected chi connectivity index (χ2v) is 4.05. The molecule has 0 amide bonds. The van der Waals surface area contributed by atoms with Crippen LogP contribution >= 0.6 is 0 Å². The predicted molar refractivity (Wildman–Crippen MR) is 47.6 cm³/mol. The zero-order chi connectivity index (χ0) is 9.80. The highest BCUT2D eigenvalue weighted by Gasteiger charge is 2.26. The van der Waals surface area contributed by atoms with Gasteiger partial charge < -0.3 is 10.2 Å². The number of hydrogen-bond acceptors (Lipinski definition) is 5. The minimum atomic E-state index is 0.684. The molecule has 0 aliphatic carbocycles. The van der Waals surface area contributed by atoms with E-state index in [1.807, 2.05) is 0 Å². The quantitative estimate of drug-likeness (QED) is 0.463. The van der Waals surface area contributed by atoms with E-state index in [0.29, 0.717) is 6.04 Å². The predicted octanol–water partition coefficient (Wildman–Crippen LogP) is -0.315. The highest BCUT2D eigenvalue weighted by atomic mass is 17.5. The average molecular weight is 201 g/mol. The molecule has 2 aliphatic rings. The Morgan fingerprint density at radius 1 is 1.00 bits per heavy atom. The second-order valence-electron chi connectivity index (χ2n) is 4.05. The van der Waals surface area contributed by atoms with Crippen LogP contribution in [0.1, 0.15) is 25.7 Å². The van der Waals surface area contributed by atoms with E-state index in [0.717, 1.165) is 25.9 Å². The van der Waals surface area contributed by atoms with Crippen LogP contribution in [-0.2, 0) is 10.0 Å². The molecule has 5 nitrogen and oxygen atoms in total. The van der Waals surface area contributed by atoms with Gasteiger partial charge in [0.1, 0.15) is 0 Å². The lowest BCUT2D eigenvalue weighted by atomic mass is 10.1. The topological polar surface area (TPSA) is 48.0 Å². The SMILES string of the molecule is [O-]OON1CCC(N2CCCC2)CC1. The molecule has 2 heterocycles. The molecule has 0 aromatic heterocycles. The summed E-state index contributed by atoms with van der Waals surface area (Å²) in [6.07, 6.45) is 4.81. The summed E-state index contributed by atoms with van der Waals surface area (Å²) in [5, 5.41) is 14.8. The van der Waals surface area contributed by atoms with Gasteiger partial charge in [-0.05, 0) is 38.8 Å². The van der Waals surface area contributed by atoms with E-state index in [9.17, 15) is 5.26 Å². The summed E-state index contributed by atoms with van der Waals surface area (Å²) in [5.74, 6) is 0. The van der Waals surface area contributed by atoms with Crippen molar-refractivity contribution >= 4 is 0 Å². The third-order valence-electron chi connectivity index (χ3n) is 3.22. The number of likely N-dealkylation sites (tertiary alicyclic amines) is 1. The number of hydroxylamine groups is 2. The second kappa shape index (κ2) is 5.04. The monoisotopic (exact) mass is 201 g/mol. The van der Waals surface area contributed by atoms with Crippen molar-refractivity contribution in [2.24, 2.45) is 0 Å². The molecular formula is C9H17N2O3-. The van der Waals surface area contributed by atoms with Crippen LogP contribution in [0.4, 0.5) is 0 Å². The number of piperidine rings is 1. The van der Waals surface area contributed by atoms with Crippen molar-refractivity contribution in [3.63, 3.8) is 0 Å². The fraction of sp³-hybridized carbons (Fsp3) is 1.00. The fourth-order valence-corrected chi connectivity index (χ4v) is 2.43. The summed E-state index contributed by atoms with van der Waals surface area (Å²) in [4.78, 5) is 7.00. The van der Waals surface area contributed by atoms with Gasteiger partial charge in [0.2, 0.25) is 0 Å². The maximum absolute atomic E-state index is 9.76. The van der Waals surface area contributed by atoms with Gasteiger partial charge in [-0.25, -0.2) is 0 Å². The summed E-state index contributed by atoms with van der Waals surface area (Å²) in [5.41, 5.74) is 0. The van der Waals surface area contributed by atoms with Crippen LogP contribution in [0.2, 0.25) is 0 Å². The lowest BCUT2D eigenvalue weighted by Gasteiger charge is -2.35. The van der Waals surface area contributed by atoms with Crippen molar-refractivity contribution in [2.45, 2.75) is 31.7 Å². The molecule has 14 heavy (non-hydrogen) atoms. The summed E-state index contributed by atoms with van der Waals surface area (Å²) in [7, 11) is 0. The fourth-order valence-electron chi connectivity index (χ4n) is 2.43. The van der Waals surface area contributed by atoms with Crippen LogP contribution in [0.25, 0.3) is 0 Å². The van der Waals surface area contributed by atoms with Crippen molar-refractivity contribution in [3.05, 3.63) is 0 Å². The molecule has 2 saturated heterocycles. The summed E-state index contributed by atoms with van der Waals surface area (Å²) in [6.45, 7) is 4.07. The van der Waals surface area contributed by atoms with Crippen molar-refractivity contribution in [1.29, 1.82) is 0 Å². The maximum atomic E-state index is 9.76. The maximum Gasteiger partial charge on any atom is 0.0285 e. The molecular weight excluding hydrogens is 184 g/mol. The van der Waals surface area contributed by atoms with Gasteiger partial charge in [-0.2, -0.15) is 5.06 Å². The molecule has 0 aromatic rings. The summed E-state index contributed by atoms with van der Waals surface area (Å²) in [6, 6.07) is 0.684. The van der Waals surface area contributed by atoms with Crippen LogP contribution in [0, 0.1) is 0 Å². The number of rotatable bonds is 3. The molecule has 0 atom stereocenters. The first-order chi connectivity index (χ1) is 6.90. The van der Waals surface area contributed by atoms with E-state index < -0.39 is 0 Å². The number of nitrogens with zero attached hydrogens (tertiary/aromatic N) is 2. The van der Waals surface area contributed by atoms with Crippen molar-refractivity contribution < 1.29 is 15.3 Å². The molecule has 2 aliphatic heterocycles. The van der Waals surface area contributed by atoms with E-state index in [2.05, 4.69) is 14.9 Å². The van der Waals surface area contributed by atoms with E-state index in [-0.39, 0.29) is 0 Å². The van der Waals surface area contributed by atoms with Gasteiger partial charge in [-0.3, -0.25) is 5.04 Å². The van der Waals surface area contributed by atoms with Crippen LogP contribution in [0.15, 0.2) is 0 Å². The highest BCUT2D eigenvalue weighted by molar-refractivity contribution is 4.80. The van der Waals surface area contributed by atoms with E-state index >= 15 is 0 Å². The molecule has 0 spiro atoms. The van der Waals surface area contributed by atoms with Crippen molar-refractivity contribution in [3.8, 4) is 0 Å². The molecule has 0 unspecified atom stereocenters. The smallest absolute Gasteiger partial charge is 0.0285 e. The zero-order valence-electron chi connectivity index (χ0n) is 8.35. The lowest BCUT2D eigenvalue weighted by Crippen LogP contribution is -2.44. The largest absolute Gasteiger partial charge is 0.690 e. The van der Waals surface area contributed by atoms with Crippen LogP contribution in [0.3, 0.4) is 0 Å². The Morgan fingerprint density at radius 2 is 1.64 bits per heavy atom. The summed E-state index contributed by atoms with van der Waals surface area (Å²) >= 11 is 0. The normalized spacial score (nSPS) is 27.2. The minimum absolute atomic E-state index is 0.684. The molecule has 0 radical (unpaired) electrons. The van der Waals surface area contributed by atoms with Gasteiger partial charge in [0.25, 0.3) is 0 Å². The standard InChI is InChI=1S/C9H18N2O3/c12-14-13-11-7-3-9(4-8-11)10-5-1-2-6-10/h9,12H,1-8H2/p-1. The third kappa shape index (κ3) is 2.43. The first kappa shape index (κ1) is 10.3. The molecule has 2 fully saturated rings. The van der Waals surface area contributed by atoms with Crippen molar-refractivity contribution in [1.82, 2.24) is 9.96 Å². The van der Waals surface area contributed by atoms with Crippen LogP contribution in [-0.4, -0.2) is 42.2 Å². The molecule has 82 valence electrons. The van der Waals surface area contributed by atoms with Crippen LogP contribution < -0.4 is 5.26 Å². The van der Waals surface area contributed by atoms with Gasteiger partial charge in [0.05, 0.1) is 0 Å². The van der Waals surface area contributed by atoms with Crippen LogP contribution in [0.5, 0.6) is 0 Å². The van der Waals surface area contributed by atoms with Gasteiger partial charge in [-0.15, -0.1) is 4.99 Å². The zero-order valence-corrected chi connectivity index (χ0v) is 8.35. The number of hydrogen-bond donors (Lipinski definition) is 0. The molecule has 0 N–H and O–H groups in total. The third-order valence-corrected chi connectivity index (χ3v) is 3.22. The Balaban J connectivity index is 1.72. The lowest BCUT2D eigenvalue weighted by molar-refractivity contribution is -0.826. The van der Waals surface area contributed by atoms with Gasteiger partial charge in [0.15, 0.2) is 0 Å². The van der Waals surface area contributed by atoms with E-state index in [1.54, 1.807) is 5.06 Å². The first-order valence-corrected chi connectivity index (χ1v) is 5.36. The summed E-state index contributed by atoms with van der Waals surface area (Å²) < 4.78 is 0. The molecule has 0 aromatic carbocycles. The molecule has 2 rings (SSSR count). The Bertz CT molecular complexity index is 165. The first-order valence-electron chi connectivity index (χ1n) is 5.36. The Kier molecular flexibility index (Phi) is 3.72. The Hall–Kier alpha value is -0.200. The molecule has 0 bridgehead atoms. The van der Waals surface area contributed by atoms with Gasteiger partial charge in [0, 0.05) is 19.1 Å². The average Bonchev–Trinajstić information content (AvgIpc) is 2.72. The molecule has 0 saturated carbocycles. The van der Waals surface area contributed by atoms with E-state index in [4.69, 9.17) is 0 Å². The minimum Gasteiger partial charge on any atom is -0.690 e. The Morgan fingerprint density at radius 3 is 2.21 bits per heavy atom. The van der Waals surface area contributed by atoms with Gasteiger partial charge in [-0.1, -0.05) is 0 Å². The molecule has 5 heteroatoms. The van der Waals surface area contributed by atoms with Gasteiger partial charge >= 0.3 is 0 Å². The highest BCUT2D eigenvalue weighted by Crippen LogP contribution is 2.20.